The number of ether oxygens (including phenoxy) is 2. The number of nitrogens with one attached hydrogen (secondary N) is 1. The van der Waals surface area contributed by atoms with Gasteiger partial charge in [0, 0.05) is 13.7 Å². The van der Waals surface area contributed by atoms with Gasteiger partial charge in [-0.3, -0.25) is 0 Å². The molecule has 0 aliphatic heterocycles. The molecule has 1 rings (SSSR count). The zero-order chi connectivity index (χ0) is 13.2. The Morgan fingerprint density at radius 3 is 2.94 bits per heavy atom. The van der Waals surface area contributed by atoms with E-state index in [1.54, 1.807) is 7.11 Å². The second-order valence-electron chi connectivity index (χ2n) is 3.45. The van der Waals surface area contributed by atoms with E-state index in [1.807, 2.05) is 0 Å². The van der Waals surface area contributed by atoms with Crippen LogP contribution in [-0.2, 0) is 22.6 Å². The third kappa shape index (κ3) is 5.94. The summed E-state index contributed by atoms with van der Waals surface area (Å²) in [6.07, 6.45) is -2.45. The average Bonchev–Trinajstić information content (AvgIpc) is 2.78. The lowest BCUT2D eigenvalue weighted by Crippen LogP contribution is -2.22. The predicted octanol–water partition coefficient (Wildman–Crippen LogP) is -0.309. The van der Waals surface area contributed by atoms with Gasteiger partial charge < -0.3 is 14.8 Å². The normalized spacial score (nSPS) is 11.3. The number of alkyl halides is 2. The number of hydrogen-bond donors (Lipinski definition) is 1. The number of aromatic nitrogens is 4. The van der Waals surface area contributed by atoms with E-state index in [-0.39, 0.29) is 6.61 Å². The summed E-state index contributed by atoms with van der Waals surface area (Å²) >= 11 is 0. The van der Waals surface area contributed by atoms with E-state index in [0.29, 0.717) is 32.1 Å². The van der Waals surface area contributed by atoms with E-state index in [0.717, 1.165) is 0 Å². The molecule has 0 amide bonds. The van der Waals surface area contributed by atoms with Gasteiger partial charge >= 0.3 is 0 Å². The molecule has 0 unspecified atom stereocenters. The first-order chi connectivity index (χ1) is 8.74. The van der Waals surface area contributed by atoms with Gasteiger partial charge in [-0.2, -0.15) is 0 Å². The highest BCUT2D eigenvalue weighted by atomic mass is 19.3. The molecule has 0 aliphatic rings. The van der Waals surface area contributed by atoms with E-state index >= 15 is 0 Å². The lowest BCUT2D eigenvalue weighted by Gasteiger charge is -2.06. The lowest BCUT2D eigenvalue weighted by molar-refractivity contribution is 0.0136. The minimum Gasteiger partial charge on any atom is -0.383 e. The number of nitrogens with zero attached hydrogens (tertiary/aromatic N) is 4. The van der Waals surface area contributed by atoms with Crippen molar-refractivity contribution >= 4 is 0 Å². The Morgan fingerprint density at radius 2 is 2.22 bits per heavy atom. The Hall–Kier alpha value is -1.19. The topological polar surface area (TPSA) is 74.1 Å². The minimum atomic E-state index is -2.45. The minimum absolute atomic E-state index is 0.153. The Balaban J connectivity index is 2.22. The van der Waals surface area contributed by atoms with Crippen LogP contribution in [0.3, 0.4) is 0 Å². The van der Waals surface area contributed by atoms with Crippen LogP contribution in [0.2, 0.25) is 0 Å². The van der Waals surface area contributed by atoms with E-state index in [4.69, 9.17) is 9.47 Å². The standard InChI is InChI=1S/C9H17F2N5O2/c1-17-4-2-12-6-9-13-14-15-16(9)3-5-18-7-8(10)11/h8,12H,2-7H2,1H3. The summed E-state index contributed by atoms with van der Waals surface area (Å²) < 4.78 is 34.8. The van der Waals surface area contributed by atoms with Crippen molar-refractivity contribution in [1.82, 2.24) is 25.5 Å². The first-order valence-corrected chi connectivity index (χ1v) is 5.54. The monoisotopic (exact) mass is 265 g/mol. The van der Waals surface area contributed by atoms with Crippen molar-refractivity contribution in [2.75, 3.05) is 33.5 Å². The second-order valence-corrected chi connectivity index (χ2v) is 3.45. The molecule has 18 heavy (non-hydrogen) atoms. The first-order valence-electron chi connectivity index (χ1n) is 5.54. The third-order valence-corrected chi connectivity index (χ3v) is 2.06. The summed E-state index contributed by atoms with van der Waals surface area (Å²) in [7, 11) is 1.62. The summed E-state index contributed by atoms with van der Waals surface area (Å²) in [5.74, 6) is 0.631. The second kappa shape index (κ2) is 8.84. The lowest BCUT2D eigenvalue weighted by atomic mass is 10.5. The van der Waals surface area contributed by atoms with Crippen molar-refractivity contribution in [3.8, 4) is 0 Å². The molecule has 0 aromatic carbocycles. The number of tetrazole rings is 1. The fourth-order valence-electron chi connectivity index (χ4n) is 1.22. The molecule has 0 saturated carbocycles. The molecule has 0 radical (unpaired) electrons. The maximum absolute atomic E-state index is 11.8. The molecule has 0 atom stereocenters. The zero-order valence-corrected chi connectivity index (χ0v) is 10.2. The van der Waals surface area contributed by atoms with Crippen molar-refractivity contribution in [2.24, 2.45) is 0 Å². The van der Waals surface area contributed by atoms with Crippen LogP contribution in [0.5, 0.6) is 0 Å². The van der Waals surface area contributed by atoms with Crippen molar-refractivity contribution in [1.29, 1.82) is 0 Å². The van der Waals surface area contributed by atoms with Crippen LogP contribution >= 0.6 is 0 Å². The molecule has 7 nitrogen and oxygen atoms in total. The zero-order valence-electron chi connectivity index (χ0n) is 10.2. The van der Waals surface area contributed by atoms with E-state index in [1.165, 1.54) is 4.68 Å². The van der Waals surface area contributed by atoms with Crippen LogP contribution in [0.4, 0.5) is 8.78 Å². The molecule has 0 saturated heterocycles. The summed E-state index contributed by atoms with van der Waals surface area (Å²) in [4.78, 5) is 0. The van der Waals surface area contributed by atoms with Crippen molar-refractivity contribution < 1.29 is 18.3 Å². The maximum atomic E-state index is 11.8. The molecule has 0 aliphatic carbocycles. The van der Waals surface area contributed by atoms with E-state index in [2.05, 4.69) is 20.8 Å². The molecule has 1 N–H and O–H groups in total. The van der Waals surface area contributed by atoms with Crippen LogP contribution in [0, 0.1) is 0 Å². The van der Waals surface area contributed by atoms with E-state index in [9.17, 15) is 8.78 Å². The Kier molecular flexibility index (Phi) is 7.30. The van der Waals surface area contributed by atoms with Crippen LogP contribution < -0.4 is 5.32 Å². The largest absolute Gasteiger partial charge is 0.383 e. The van der Waals surface area contributed by atoms with Crippen molar-refractivity contribution in [2.45, 2.75) is 19.5 Å². The molecular formula is C9H17F2N5O2. The fourth-order valence-corrected chi connectivity index (χ4v) is 1.22. The van der Waals surface area contributed by atoms with Gasteiger partial charge in [-0.25, -0.2) is 13.5 Å². The Bertz CT molecular complexity index is 324. The van der Waals surface area contributed by atoms with Crippen LogP contribution in [0.25, 0.3) is 0 Å². The molecule has 0 bridgehead atoms. The molecular weight excluding hydrogens is 248 g/mol. The van der Waals surface area contributed by atoms with Crippen molar-refractivity contribution in [3.05, 3.63) is 5.82 Å². The Morgan fingerprint density at radius 1 is 1.39 bits per heavy atom. The van der Waals surface area contributed by atoms with Crippen LogP contribution in [0.1, 0.15) is 5.82 Å². The SMILES string of the molecule is COCCNCc1nnnn1CCOCC(F)F. The number of hydrogen-bond acceptors (Lipinski definition) is 6. The van der Waals surface area contributed by atoms with Gasteiger partial charge in [0.15, 0.2) is 5.82 Å². The Labute approximate surface area is 103 Å². The van der Waals surface area contributed by atoms with Gasteiger partial charge in [-0.1, -0.05) is 0 Å². The molecule has 0 fully saturated rings. The smallest absolute Gasteiger partial charge is 0.261 e. The molecule has 0 spiro atoms. The quantitative estimate of drug-likeness (QED) is 0.585. The summed E-state index contributed by atoms with van der Waals surface area (Å²) in [6.45, 7) is 1.71. The molecule has 104 valence electrons. The summed E-state index contributed by atoms with van der Waals surface area (Å²) in [5, 5.41) is 14.2. The van der Waals surface area contributed by atoms with Gasteiger partial charge in [0.25, 0.3) is 6.43 Å². The highest BCUT2D eigenvalue weighted by Gasteiger charge is 2.06. The summed E-state index contributed by atoms with van der Waals surface area (Å²) in [5.41, 5.74) is 0. The molecule has 1 heterocycles. The predicted molar refractivity (Wildman–Crippen MR) is 58.2 cm³/mol. The van der Waals surface area contributed by atoms with Gasteiger partial charge in [-0.05, 0) is 10.4 Å². The number of rotatable bonds is 10. The highest BCUT2D eigenvalue weighted by Crippen LogP contribution is 1.95. The molecule has 9 heteroatoms. The number of halogens is 2. The van der Waals surface area contributed by atoms with Crippen LogP contribution in [0.15, 0.2) is 0 Å². The third-order valence-electron chi connectivity index (χ3n) is 2.06. The molecule has 1 aromatic rings. The average molecular weight is 265 g/mol. The first kappa shape index (κ1) is 14.9. The number of methoxy groups -OCH3 is 1. The molecule has 1 aromatic heterocycles. The van der Waals surface area contributed by atoms with Crippen LogP contribution in [-0.4, -0.2) is 60.1 Å². The van der Waals surface area contributed by atoms with Gasteiger partial charge in [0.05, 0.1) is 26.3 Å². The maximum Gasteiger partial charge on any atom is 0.261 e. The van der Waals surface area contributed by atoms with E-state index < -0.39 is 13.0 Å². The fraction of sp³-hybridized carbons (Fsp3) is 0.889. The highest BCUT2D eigenvalue weighted by molar-refractivity contribution is 4.79. The van der Waals surface area contributed by atoms with Gasteiger partial charge in [-0.15, -0.1) is 5.10 Å². The van der Waals surface area contributed by atoms with Gasteiger partial charge in [0.2, 0.25) is 0 Å². The van der Waals surface area contributed by atoms with Crippen molar-refractivity contribution in [3.63, 3.8) is 0 Å². The van der Waals surface area contributed by atoms with Gasteiger partial charge in [0.1, 0.15) is 6.61 Å². The summed E-state index contributed by atoms with van der Waals surface area (Å²) in [6, 6.07) is 0.